The highest BCUT2D eigenvalue weighted by Crippen LogP contribution is 2.18. The van der Waals surface area contributed by atoms with E-state index in [-0.39, 0.29) is 5.78 Å². The van der Waals surface area contributed by atoms with Crippen LogP contribution in [0.5, 0.6) is 0 Å². The van der Waals surface area contributed by atoms with Crippen molar-refractivity contribution in [1.82, 2.24) is 9.55 Å². The molecule has 0 unspecified atom stereocenters. The fraction of sp³-hybridized carbons (Fsp3) is 0.125. The van der Waals surface area contributed by atoms with Gasteiger partial charge < -0.3 is 0 Å². The van der Waals surface area contributed by atoms with E-state index in [9.17, 15) is 4.79 Å². The number of hydrogen-bond donors (Lipinski definition) is 0. The Labute approximate surface area is 111 Å². The fourth-order valence-electron chi connectivity index (χ4n) is 2.18. The Morgan fingerprint density at radius 1 is 1.11 bits per heavy atom. The van der Waals surface area contributed by atoms with Gasteiger partial charge in [0.2, 0.25) is 0 Å². The highest BCUT2D eigenvalue weighted by Gasteiger charge is 2.06. The third kappa shape index (κ3) is 2.03. The lowest BCUT2D eigenvalue weighted by Crippen LogP contribution is -1.97. The zero-order valence-electron chi connectivity index (χ0n) is 10.7. The second-order valence-corrected chi connectivity index (χ2v) is 4.43. The number of carbonyl (C=O) groups is 1. The molecule has 0 bridgehead atoms. The number of para-hydroxylation sites is 2. The summed E-state index contributed by atoms with van der Waals surface area (Å²) in [6, 6.07) is 15.6. The molecule has 0 saturated carbocycles. The number of carbonyl (C=O) groups excluding carboxylic acids is 1. The number of nitrogens with zero attached hydrogens (tertiary/aromatic N) is 2. The quantitative estimate of drug-likeness (QED) is 0.665. The number of rotatable bonds is 3. The third-order valence-electron chi connectivity index (χ3n) is 3.24. The predicted molar refractivity (Wildman–Crippen MR) is 75.7 cm³/mol. The van der Waals surface area contributed by atoms with Crippen LogP contribution in [0.15, 0.2) is 54.9 Å². The van der Waals surface area contributed by atoms with E-state index in [1.54, 1.807) is 6.33 Å². The first-order valence-corrected chi connectivity index (χ1v) is 6.35. The molecule has 3 aromatic rings. The molecular formula is C16H14N2O. The molecule has 0 fully saturated rings. The van der Waals surface area contributed by atoms with Gasteiger partial charge in [0.15, 0.2) is 5.78 Å². The van der Waals surface area contributed by atoms with Gasteiger partial charge in [0.1, 0.15) is 6.33 Å². The molecule has 0 atom stereocenters. The van der Waals surface area contributed by atoms with Crippen LogP contribution in [0.2, 0.25) is 0 Å². The lowest BCUT2D eigenvalue weighted by molar-refractivity contribution is 0.0988. The third-order valence-corrected chi connectivity index (χ3v) is 3.24. The average Bonchev–Trinajstić information content (AvgIpc) is 2.90. The number of aromatic nitrogens is 2. The standard InChI is InChI=1S/C16H14N2O/c1-2-16(19)12-7-9-13(10-8-12)18-11-17-14-5-3-4-6-15(14)18/h3-11H,2H2,1H3. The van der Waals surface area contributed by atoms with E-state index in [4.69, 9.17) is 0 Å². The summed E-state index contributed by atoms with van der Waals surface area (Å²) in [5.74, 6) is 0.169. The number of Topliss-reactive ketones (excluding diaryl/α,β-unsaturated/α-hetero) is 1. The number of imidazole rings is 1. The van der Waals surface area contributed by atoms with Crippen LogP contribution in [0.1, 0.15) is 23.7 Å². The molecule has 94 valence electrons. The molecule has 3 heteroatoms. The van der Waals surface area contributed by atoms with Crippen LogP contribution >= 0.6 is 0 Å². The Hall–Kier alpha value is -2.42. The molecular weight excluding hydrogens is 236 g/mol. The predicted octanol–water partition coefficient (Wildman–Crippen LogP) is 3.62. The molecule has 0 spiro atoms. The van der Waals surface area contributed by atoms with Gasteiger partial charge in [-0.05, 0) is 36.4 Å². The van der Waals surface area contributed by atoms with Crippen LogP contribution in [-0.4, -0.2) is 15.3 Å². The fourth-order valence-corrected chi connectivity index (χ4v) is 2.18. The van der Waals surface area contributed by atoms with Crippen molar-refractivity contribution >= 4 is 16.8 Å². The van der Waals surface area contributed by atoms with Crippen molar-refractivity contribution in [1.29, 1.82) is 0 Å². The smallest absolute Gasteiger partial charge is 0.162 e. The first kappa shape index (κ1) is 11.7. The zero-order chi connectivity index (χ0) is 13.2. The Morgan fingerprint density at radius 3 is 2.58 bits per heavy atom. The lowest BCUT2D eigenvalue weighted by atomic mass is 10.1. The zero-order valence-corrected chi connectivity index (χ0v) is 10.7. The van der Waals surface area contributed by atoms with E-state index in [0.717, 1.165) is 22.3 Å². The summed E-state index contributed by atoms with van der Waals surface area (Å²) in [7, 11) is 0. The molecule has 0 aliphatic carbocycles. The first-order valence-electron chi connectivity index (χ1n) is 6.35. The average molecular weight is 250 g/mol. The van der Waals surface area contributed by atoms with Crippen molar-refractivity contribution in [3.05, 3.63) is 60.4 Å². The van der Waals surface area contributed by atoms with Gasteiger partial charge in [-0.3, -0.25) is 9.36 Å². The molecule has 1 aromatic heterocycles. The molecule has 0 N–H and O–H groups in total. The Kier molecular flexibility index (Phi) is 2.88. The summed E-state index contributed by atoms with van der Waals surface area (Å²) in [4.78, 5) is 16.0. The second kappa shape index (κ2) is 4.69. The van der Waals surface area contributed by atoms with Crippen LogP contribution in [0.4, 0.5) is 0 Å². The number of ketones is 1. The second-order valence-electron chi connectivity index (χ2n) is 4.43. The minimum atomic E-state index is 0.169. The van der Waals surface area contributed by atoms with Crippen molar-refractivity contribution in [2.75, 3.05) is 0 Å². The number of fused-ring (bicyclic) bond motifs is 1. The lowest BCUT2D eigenvalue weighted by Gasteiger charge is -2.05. The SMILES string of the molecule is CCC(=O)c1ccc(-n2cnc3ccccc32)cc1. The maximum Gasteiger partial charge on any atom is 0.162 e. The molecule has 0 radical (unpaired) electrons. The summed E-state index contributed by atoms with van der Waals surface area (Å²) < 4.78 is 2.02. The first-order chi connectivity index (χ1) is 9.29. The molecule has 2 aromatic carbocycles. The molecule has 0 amide bonds. The summed E-state index contributed by atoms with van der Waals surface area (Å²) in [6.07, 6.45) is 2.34. The van der Waals surface area contributed by atoms with Crippen LogP contribution in [0, 0.1) is 0 Å². The summed E-state index contributed by atoms with van der Waals surface area (Å²) in [6.45, 7) is 1.87. The van der Waals surface area contributed by atoms with Crippen LogP contribution < -0.4 is 0 Å². The van der Waals surface area contributed by atoms with E-state index in [1.165, 1.54) is 0 Å². The Balaban J connectivity index is 2.05. The monoisotopic (exact) mass is 250 g/mol. The van der Waals surface area contributed by atoms with E-state index in [0.29, 0.717) is 6.42 Å². The van der Waals surface area contributed by atoms with Gasteiger partial charge >= 0.3 is 0 Å². The minimum absolute atomic E-state index is 0.169. The molecule has 1 heterocycles. The van der Waals surface area contributed by atoms with Crippen molar-refractivity contribution in [2.24, 2.45) is 0 Å². The van der Waals surface area contributed by atoms with Crippen LogP contribution in [0.25, 0.3) is 16.7 Å². The number of hydrogen-bond acceptors (Lipinski definition) is 2. The van der Waals surface area contributed by atoms with E-state index in [1.807, 2.05) is 60.0 Å². The van der Waals surface area contributed by atoms with Gasteiger partial charge in [-0.15, -0.1) is 0 Å². The van der Waals surface area contributed by atoms with Gasteiger partial charge in [-0.25, -0.2) is 4.98 Å². The van der Waals surface area contributed by atoms with Crippen molar-refractivity contribution in [3.8, 4) is 5.69 Å². The molecule has 0 saturated heterocycles. The van der Waals surface area contributed by atoms with Crippen LogP contribution in [0.3, 0.4) is 0 Å². The maximum atomic E-state index is 11.6. The summed E-state index contributed by atoms with van der Waals surface area (Å²) >= 11 is 0. The maximum absolute atomic E-state index is 11.6. The van der Waals surface area contributed by atoms with E-state index >= 15 is 0 Å². The topological polar surface area (TPSA) is 34.9 Å². The van der Waals surface area contributed by atoms with Gasteiger partial charge in [0.05, 0.1) is 11.0 Å². The molecule has 0 aliphatic heterocycles. The largest absolute Gasteiger partial charge is 0.299 e. The summed E-state index contributed by atoms with van der Waals surface area (Å²) in [5.41, 5.74) is 3.81. The highest BCUT2D eigenvalue weighted by atomic mass is 16.1. The van der Waals surface area contributed by atoms with Gasteiger partial charge in [-0.1, -0.05) is 19.1 Å². The van der Waals surface area contributed by atoms with E-state index in [2.05, 4.69) is 4.98 Å². The van der Waals surface area contributed by atoms with Crippen molar-refractivity contribution in [2.45, 2.75) is 13.3 Å². The van der Waals surface area contributed by atoms with Crippen LogP contribution in [-0.2, 0) is 0 Å². The molecule has 3 rings (SSSR count). The molecule has 3 nitrogen and oxygen atoms in total. The molecule has 0 aliphatic rings. The summed E-state index contributed by atoms with van der Waals surface area (Å²) in [5, 5.41) is 0. The van der Waals surface area contributed by atoms with E-state index < -0.39 is 0 Å². The van der Waals surface area contributed by atoms with Crippen molar-refractivity contribution < 1.29 is 4.79 Å². The van der Waals surface area contributed by atoms with Gasteiger partial charge in [0.25, 0.3) is 0 Å². The minimum Gasteiger partial charge on any atom is -0.299 e. The Morgan fingerprint density at radius 2 is 1.84 bits per heavy atom. The normalized spacial score (nSPS) is 10.8. The van der Waals surface area contributed by atoms with Crippen molar-refractivity contribution in [3.63, 3.8) is 0 Å². The highest BCUT2D eigenvalue weighted by molar-refractivity contribution is 5.96. The number of benzene rings is 2. The molecule has 19 heavy (non-hydrogen) atoms. The van der Waals surface area contributed by atoms with Gasteiger partial charge in [0, 0.05) is 17.7 Å². The van der Waals surface area contributed by atoms with Gasteiger partial charge in [-0.2, -0.15) is 0 Å². The Bertz CT molecular complexity index is 726.